The Hall–Kier alpha value is -1.98. The number of carbonyl (C=O) groups excluding carboxylic acids is 1. The number of nitrogens with zero attached hydrogens (tertiary/aromatic N) is 1. The number of benzene rings is 1. The SMILES string of the molecule is COC(=O)C[C@@H](c1cn(C)c2ccc(C)cc12)C(F)(F)F. The van der Waals surface area contributed by atoms with Crippen molar-refractivity contribution >= 4 is 16.9 Å². The molecule has 0 unspecified atom stereocenters. The van der Waals surface area contributed by atoms with Crippen LogP contribution in [0.2, 0.25) is 0 Å². The Kier molecular flexibility index (Phi) is 3.98. The lowest BCUT2D eigenvalue weighted by molar-refractivity contribution is -0.164. The molecule has 0 aliphatic heterocycles. The van der Waals surface area contributed by atoms with Crippen LogP contribution in [0.25, 0.3) is 10.9 Å². The molecule has 2 rings (SSSR count). The average Bonchev–Trinajstić information content (AvgIpc) is 2.70. The van der Waals surface area contributed by atoms with Crippen LogP contribution in [-0.4, -0.2) is 23.8 Å². The normalized spacial score (nSPS) is 13.4. The van der Waals surface area contributed by atoms with E-state index in [-0.39, 0.29) is 5.56 Å². The molecule has 0 radical (unpaired) electrons. The monoisotopic (exact) mass is 299 g/mol. The fourth-order valence-corrected chi connectivity index (χ4v) is 2.47. The third-order valence-corrected chi connectivity index (χ3v) is 3.54. The van der Waals surface area contributed by atoms with E-state index < -0.39 is 24.5 Å². The lowest BCUT2D eigenvalue weighted by atomic mass is 9.94. The standard InChI is InChI=1S/C15H16F3NO2/c1-9-4-5-13-10(6-9)11(8-19(13)2)12(15(16,17)18)7-14(20)21-3/h4-6,8,12H,7H2,1-3H3/t12-/m0/s1. The Labute approximate surface area is 120 Å². The first-order chi connectivity index (χ1) is 9.74. The number of rotatable bonds is 3. The highest BCUT2D eigenvalue weighted by Crippen LogP contribution is 2.41. The van der Waals surface area contributed by atoms with Gasteiger partial charge in [-0.3, -0.25) is 4.79 Å². The van der Waals surface area contributed by atoms with Crippen molar-refractivity contribution in [3.05, 3.63) is 35.5 Å². The summed E-state index contributed by atoms with van der Waals surface area (Å²) in [7, 11) is 2.77. The zero-order chi connectivity index (χ0) is 15.8. The first-order valence-corrected chi connectivity index (χ1v) is 6.43. The number of alkyl halides is 3. The summed E-state index contributed by atoms with van der Waals surface area (Å²) < 4.78 is 46.0. The molecule has 2 aromatic rings. The van der Waals surface area contributed by atoms with Gasteiger partial charge in [-0.15, -0.1) is 0 Å². The molecule has 0 fully saturated rings. The van der Waals surface area contributed by atoms with E-state index in [0.717, 1.165) is 12.7 Å². The van der Waals surface area contributed by atoms with Gasteiger partial charge in [0.1, 0.15) is 0 Å². The average molecular weight is 299 g/mol. The van der Waals surface area contributed by atoms with Crippen LogP contribution >= 0.6 is 0 Å². The molecule has 0 saturated carbocycles. The van der Waals surface area contributed by atoms with Gasteiger partial charge in [0.05, 0.1) is 19.4 Å². The number of ether oxygens (including phenoxy) is 1. The summed E-state index contributed by atoms with van der Waals surface area (Å²) in [4.78, 5) is 11.3. The molecule has 0 amide bonds. The zero-order valence-corrected chi connectivity index (χ0v) is 12.0. The molecule has 3 nitrogen and oxygen atoms in total. The minimum atomic E-state index is -4.51. The van der Waals surface area contributed by atoms with Crippen molar-refractivity contribution < 1.29 is 22.7 Å². The van der Waals surface area contributed by atoms with Crippen LogP contribution in [0.3, 0.4) is 0 Å². The van der Waals surface area contributed by atoms with Crippen LogP contribution in [0.15, 0.2) is 24.4 Å². The number of hydrogen-bond acceptors (Lipinski definition) is 2. The van der Waals surface area contributed by atoms with Crippen LogP contribution in [0.5, 0.6) is 0 Å². The van der Waals surface area contributed by atoms with Gasteiger partial charge in [-0.25, -0.2) is 0 Å². The van der Waals surface area contributed by atoms with Crippen molar-refractivity contribution in [2.75, 3.05) is 7.11 Å². The molecule has 0 spiro atoms. The van der Waals surface area contributed by atoms with Gasteiger partial charge in [0, 0.05) is 24.1 Å². The fraction of sp³-hybridized carbons (Fsp3) is 0.400. The highest BCUT2D eigenvalue weighted by molar-refractivity contribution is 5.86. The Morgan fingerprint density at radius 3 is 2.62 bits per heavy atom. The van der Waals surface area contributed by atoms with Gasteiger partial charge < -0.3 is 9.30 Å². The maximum Gasteiger partial charge on any atom is 0.396 e. The van der Waals surface area contributed by atoms with Gasteiger partial charge in [-0.2, -0.15) is 13.2 Å². The van der Waals surface area contributed by atoms with E-state index in [0.29, 0.717) is 10.9 Å². The van der Waals surface area contributed by atoms with Crippen LogP contribution in [-0.2, 0) is 16.6 Å². The molecule has 0 bridgehead atoms. The lowest BCUT2D eigenvalue weighted by Gasteiger charge is -2.19. The quantitative estimate of drug-likeness (QED) is 0.809. The van der Waals surface area contributed by atoms with Crippen LogP contribution in [0.1, 0.15) is 23.5 Å². The maximum atomic E-state index is 13.3. The van der Waals surface area contributed by atoms with Gasteiger partial charge in [0.2, 0.25) is 0 Å². The van der Waals surface area contributed by atoms with E-state index in [1.54, 1.807) is 23.7 Å². The van der Waals surface area contributed by atoms with E-state index in [4.69, 9.17) is 0 Å². The first kappa shape index (κ1) is 15.4. The summed E-state index contributed by atoms with van der Waals surface area (Å²) in [6.07, 6.45) is -3.79. The van der Waals surface area contributed by atoms with E-state index in [1.165, 1.54) is 6.20 Å². The van der Waals surface area contributed by atoms with Gasteiger partial charge in [0.15, 0.2) is 0 Å². The largest absolute Gasteiger partial charge is 0.469 e. The second-order valence-corrected chi connectivity index (χ2v) is 5.09. The second kappa shape index (κ2) is 5.42. The molecule has 0 saturated heterocycles. The summed E-state index contributed by atoms with van der Waals surface area (Å²) in [5, 5.41) is 0.517. The zero-order valence-electron chi connectivity index (χ0n) is 12.0. The van der Waals surface area contributed by atoms with Crippen LogP contribution < -0.4 is 0 Å². The van der Waals surface area contributed by atoms with E-state index in [9.17, 15) is 18.0 Å². The Balaban J connectivity index is 2.59. The molecule has 1 atom stereocenters. The van der Waals surface area contributed by atoms with Gasteiger partial charge in [0.25, 0.3) is 0 Å². The molecule has 21 heavy (non-hydrogen) atoms. The van der Waals surface area contributed by atoms with Crippen molar-refractivity contribution in [3.8, 4) is 0 Å². The molecule has 1 aromatic carbocycles. The number of hydrogen-bond donors (Lipinski definition) is 0. The third-order valence-electron chi connectivity index (χ3n) is 3.54. The highest BCUT2D eigenvalue weighted by atomic mass is 19.4. The second-order valence-electron chi connectivity index (χ2n) is 5.09. The van der Waals surface area contributed by atoms with Crippen molar-refractivity contribution in [2.24, 2.45) is 7.05 Å². The van der Waals surface area contributed by atoms with Gasteiger partial charge in [-0.05, 0) is 24.6 Å². The summed E-state index contributed by atoms with van der Waals surface area (Å²) in [6, 6.07) is 5.33. The lowest BCUT2D eigenvalue weighted by Crippen LogP contribution is -2.24. The van der Waals surface area contributed by atoms with Crippen molar-refractivity contribution in [1.29, 1.82) is 0 Å². The summed E-state index contributed by atoms with van der Waals surface area (Å²) >= 11 is 0. The number of halogens is 3. The summed E-state index contributed by atoms with van der Waals surface area (Å²) in [6.45, 7) is 1.82. The molecule has 0 N–H and O–H groups in total. The molecular weight excluding hydrogens is 283 g/mol. The number of esters is 1. The predicted octanol–water partition coefficient (Wildman–Crippen LogP) is 3.70. The fourth-order valence-electron chi connectivity index (χ4n) is 2.47. The first-order valence-electron chi connectivity index (χ1n) is 6.43. The van der Waals surface area contributed by atoms with E-state index in [2.05, 4.69) is 4.74 Å². The number of fused-ring (bicyclic) bond motifs is 1. The number of methoxy groups -OCH3 is 1. The van der Waals surface area contributed by atoms with Crippen molar-refractivity contribution in [3.63, 3.8) is 0 Å². The molecule has 0 aliphatic carbocycles. The molecule has 0 aliphatic rings. The minimum absolute atomic E-state index is 0.106. The van der Waals surface area contributed by atoms with Crippen molar-refractivity contribution in [2.45, 2.75) is 25.4 Å². The summed E-state index contributed by atoms with van der Waals surface area (Å²) in [5.41, 5.74) is 1.68. The highest BCUT2D eigenvalue weighted by Gasteiger charge is 2.43. The molecule has 6 heteroatoms. The van der Waals surface area contributed by atoms with Gasteiger partial charge >= 0.3 is 12.1 Å². The Morgan fingerprint density at radius 2 is 2.05 bits per heavy atom. The number of carbonyl (C=O) groups is 1. The Morgan fingerprint density at radius 1 is 1.38 bits per heavy atom. The summed E-state index contributed by atoms with van der Waals surface area (Å²) in [5.74, 6) is -2.74. The molecule has 114 valence electrons. The van der Waals surface area contributed by atoms with Crippen LogP contribution in [0, 0.1) is 6.92 Å². The Bertz CT molecular complexity index is 673. The van der Waals surface area contributed by atoms with E-state index in [1.807, 2.05) is 13.0 Å². The van der Waals surface area contributed by atoms with E-state index >= 15 is 0 Å². The predicted molar refractivity (Wildman–Crippen MR) is 73.1 cm³/mol. The third kappa shape index (κ3) is 3.04. The van der Waals surface area contributed by atoms with Gasteiger partial charge in [-0.1, -0.05) is 11.6 Å². The topological polar surface area (TPSA) is 31.2 Å². The smallest absolute Gasteiger partial charge is 0.396 e. The number of aryl methyl sites for hydroxylation is 2. The molecular formula is C15H16F3NO2. The number of aromatic nitrogens is 1. The van der Waals surface area contributed by atoms with Crippen LogP contribution in [0.4, 0.5) is 13.2 Å². The van der Waals surface area contributed by atoms with Crippen molar-refractivity contribution in [1.82, 2.24) is 4.57 Å². The molecule has 1 aromatic heterocycles. The minimum Gasteiger partial charge on any atom is -0.469 e. The molecule has 1 heterocycles. The maximum absolute atomic E-state index is 13.3.